The Hall–Kier alpha value is -2.24. The number of nitrogens with one attached hydrogen (secondary N) is 1. The lowest BCUT2D eigenvalue weighted by Gasteiger charge is -2.24. The number of para-hydroxylation sites is 2. The van der Waals surface area contributed by atoms with Gasteiger partial charge in [-0.3, -0.25) is 4.90 Å². The first-order valence-electron chi connectivity index (χ1n) is 6.66. The van der Waals surface area contributed by atoms with Crippen molar-refractivity contribution < 1.29 is 19.4 Å². The van der Waals surface area contributed by atoms with Gasteiger partial charge in [-0.05, 0) is 25.0 Å². The van der Waals surface area contributed by atoms with Crippen LogP contribution < -0.4 is 15.0 Å². The number of benzene rings is 1. The molecule has 1 unspecified atom stereocenters. The largest absolute Gasteiger partial charge is 0.491 e. The number of carboxylic acid groups (broad SMARTS) is 1. The summed E-state index contributed by atoms with van der Waals surface area (Å²) >= 11 is 0. The Morgan fingerprint density at radius 2 is 2.20 bits per heavy atom. The van der Waals surface area contributed by atoms with Crippen LogP contribution in [-0.2, 0) is 4.79 Å². The van der Waals surface area contributed by atoms with Gasteiger partial charge in [0.15, 0.2) is 0 Å². The highest BCUT2D eigenvalue weighted by molar-refractivity contribution is 5.95. The molecular weight excluding hydrogens is 260 g/mol. The number of ether oxygens (including phenoxy) is 1. The first-order chi connectivity index (χ1) is 9.63. The lowest BCUT2D eigenvalue weighted by Crippen LogP contribution is -2.48. The molecule has 1 atom stereocenters. The van der Waals surface area contributed by atoms with Crippen LogP contribution in [0.3, 0.4) is 0 Å². The van der Waals surface area contributed by atoms with Gasteiger partial charge in [0.05, 0.1) is 12.3 Å². The molecule has 6 heteroatoms. The van der Waals surface area contributed by atoms with E-state index in [1.165, 1.54) is 4.90 Å². The summed E-state index contributed by atoms with van der Waals surface area (Å²) in [6, 6.07) is 5.97. The van der Waals surface area contributed by atoms with Crippen LogP contribution >= 0.6 is 0 Å². The summed E-state index contributed by atoms with van der Waals surface area (Å²) in [5, 5.41) is 11.5. The van der Waals surface area contributed by atoms with E-state index in [1.54, 1.807) is 19.1 Å². The molecule has 2 rings (SSSR count). The van der Waals surface area contributed by atoms with Crippen molar-refractivity contribution in [2.24, 2.45) is 0 Å². The van der Waals surface area contributed by atoms with E-state index in [9.17, 15) is 9.59 Å². The van der Waals surface area contributed by atoms with Crippen LogP contribution in [0.1, 0.15) is 19.8 Å². The summed E-state index contributed by atoms with van der Waals surface area (Å²) < 4.78 is 5.57. The molecule has 0 fully saturated rings. The van der Waals surface area contributed by atoms with Crippen LogP contribution in [0.5, 0.6) is 5.75 Å². The fourth-order valence-electron chi connectivity index (χ4n) is 2.10. The highest BCUT2D eigenvalue weighted by Gasteiger charge is 2.25. The summed E-state index contributed by atoms with van der Waals surface area (Å²) in [6.45, 7) is 2.76. The van der Waals surface area contributed by atoms with Gasteiger partial charge in [0.2, 0.25) is 0 Å². The van der Waals surface area contributed by atoms with Gasteiger partial charge in [-0.2, -0.15) is 0 Å². The highest BCUT2D eigenvalue weighted by atomic mass is 16.5. The van der Waals surface area contributed by atoms with E-state index in [1.807, 2.05) is 12.1 Å². The highest BCUT2D eigenvalue weighted by Crippen LogP contribution is 2.30. The van der Waals surface area contributed by atoms with Crippen LogP contribution in [-0.4, -0.2) is 36.3 Å². The smallest absolute Gasteiger partial charge is 0.326 e. The van der Waals surface area contributed by atoms with Gasteiger partial charge in [-0.25, -0.2) is 9.59 Å². The van der Waals surface area contributed by atoms with Crippen molar-refractivity contribution in [3.05, 3.63) is 24.3 Å². The van der Waals surface area contributed by atoms with E-state index in [0.29, 0.717) is 37.4 Å². The molecule has 0 radical (unpaired) electrons. The van der Waals surface area contributed by atoms with Gasteiger partial charge in [-0.1, -0.05) is 19.1 Å². The van der Waals surface area contributed by atoms with E-state index < -0.39 is 18.0 Å². The van der Waals surface area contributed by atoms with Crippen molar-refractivity contribution in [2.45, 2.75) is 25.8 Å². The van der Waals surface area contributed by atoms with Gasteiger partial charge in [0.1, 0.15) is 11.8 Å². The molecule has 2 N–H and O–H groups in total. The Morgan fingerprint density at radius 3 is 2.90 bits per heavy atom. The topological polar surface area (TPSA) is 78.9 Å². The summed E-state index contributed by atoms with van der Waals surface area (Å²) in [4.78, 5) is 24.8. The maximum Gasteiger partial charge on any atom is 0.326 e. The van der Waals surface area contributed by atoms with Crippen molar-refractivity contribution in [3.8, 4) is 5.75 Å². The van der Waals surface area contributed by atoms with Crippen molar-refractivity contribution in [2.75, 3.05) is 18.1 Å². The van der Waals surface area contributed by atoms with Crippen LogP contribution in [0, 0.1) is 0 Å². The summed E-state index contributed by atoms with van der Waals surface area (Å²) in [7, 11) is 0. The summed E-state index contributed by atoms with van der Waals surface area (Å²) in [5.74, 6) is -0.385. The van der Waals surface area contributed by atoms with Gasteiger partial charge in [-0.15, -0.1) is 0 Å². The van der Waals surface area contributed by atoms with Crippen LogP contribution in [0.25, 0.3) is 0 Å². The second kappa shape index (κ2) is 6.27. The molecule has 1 heterocycles. The number of hydrogen-bond donors (Lipinski definition) is 2. The minimum absolute atomic E-state index is 0.340. The van der Waals surface area contributed by atoms with E-state index >= 15 is 0 Å². The maximum absolute atomic E-state index is 12.3. The Bertz CT molecular complexity index is 504. The van der Waals surface area contributed by atoms with E-state index in [2.05, 4.69) is 5.32 Å². The molecule has 6 nitrogen and oxygen atoms in total. The number of hydrogen-bond acceptors (Lipinski definition) is 3. The molecule has 1 aromatic carbocycles. The first-order valence-corrected chi connectivity index (χ1v) is 6.66. The zero-order valence-corrected chi connectivity index (χ0v) is 11.3. The molecule has 0 saturated carbocycles. The number of carbonyl (C=O) groups is 2. The molecular formula is C14H18N2O4. The van der Waals surface area contributed by atoms with Gasteiger partial charge < -0.3 is 15.2 Å². The normalized spacial score (nSPS) is 15.6. The molecule has 0 spiro atoms. The molecule has 1 aliphatic rings. The third kappa shape index (κ3) is 3.01. The summed E-state index contributed by atoms with van der Waals surface area (Å²) in [6.07, 6.45) is 1.04. The standard InChI is InChI=1S/C14H18N2O4/c1-2-10(13(17)18)15-14(19)16-8-5-9-20-12-7-4-3-6-11(12)16/h3-4,6-7,10H,2,5,8-9H2,1H3,(H,15,19)(H,17,18). The second-order valence-electron chi connectivity index (χ2n) is 4.57. The molecule has 2 amide bonds. The van der Waals surface area contributed by atoms with E-state index in [4.69, 9.17) is 9.84 Å². The number of amides is 2. The Kier molecular flexibility index (Phi) is 4.45. The molecule has 0 bridgehead atoms. The van der Waals surface area contributed by atoms with Gasteiger partial charge in [0.25, 0.3) is 0 Å². The van der Waals surface area contributed by atoms with E-state index in [-0.39, 0.29) is 0 Å². The number of anilines is 1. The Labute approximate surface area is 117 Å². The van der Waals surface area contributed by atoms with Crippen molar-refractivity contribution in [1.29, 1.82) is 0 Å². The van der Waals surface area contributed by atoms with Crippen LogP contribution in [0.4, 0.5) is 10.5 Å². The Balaban J connectivity index is 2.19. The third-order valence-electron chi connectivity index (χ3n) is 3.19. The molecule has 0 aromatic heterocycles. The van der Waals surface area contributed by atoms with Crippen molar-refractivity contribution >= 4 is 17.7 Å². The van der Waals surface area contributed by atoms with Crippen molar-refractivity contribution in [3.63, 3.8) is 0 Å². The lowest BCUT2D eigenvalue weighted by molar-refractivity contribution is -0.139. The van der Waals surface area contributed by atoms with Crippen LogP contribution in [0.2, 0.25) is 0 Å². The molecule has 108 valence electrons. The SMILES string of the molecule is CCC(NC(=O)N1CCCOc2ccccc21)C(=O)O. The van der Waals surface area contributed by atoms with E-state index in [0.717, 1.165) is 0 Å². The molecule has 0 saturated heterocycles. The fourth-order valence-corrected chi connectivity index (χ4v) is 2.10. The van der Waals surface area contributed by atoms with Crippen molar-refractivity contribution in [1.82, 2.24) is 5.32 Å². The minimum Gasteiger partial charge on any atom is -0.491 e. The average Bonchev–Trinajstić information content (AvgIpc) is 2.66. The molecule has 1 aliphatic heterocycles. The number of fused-ring (bicyclic) bond motifs is 1. The number of carboxylic acids is 1. The zero-order valence-electron chi connectivity index (χ0n) is 11.3. The number of rotatable bonds is 3. The lowest BCUT2D eigenvalue weighted by atomic mass is 10.2. The molecule has 1 aromatic rings. The molecule has 0 aliphatic carbocycles. The maximum atomic E-state index is 12.3. The predicted molar refractivity (Wildman–Crippen MR) is 74.1 cm³/mol. The minimum atomic E-state index is -1.03. The summed E-state index contributed by atoms with van der Waals surface area (Å²) in [5.41, 5.74) is 0.669. The van der Waals surface area contributed by atoms with Crippen LogP contribution in [0.15, 0.2) is 24.3 Å². The monoisotopic (exact) mass is 278 g/mol. The second-order valence-corrected chi connectivity index (χ2v) is 4.57. The average molecular weight is 278 g/mol. The fraction of sp³-hybridized carbons (Fsp3) is 0.429. The van der Waals surface area contributed by atoms with Gasteiger partial charge in [0, 0.05) is 6.54 Å². The zero-order chi connectivity index (χ0) is 14.5. The third-order valence-corrected chi connectivity index (χ3v) is 3.19. The van der Waals surface area contributed by atoms with Gasteiger partial charge >= 0.3 is 12.0 Å². The first kappa shape index (κ1) is 14.2. The molecule has 20 heavy (non-hydrogen) atoms. The number of nitrogens with zero attached hydrogens (tertiary/aromatic N) is 1. The number of urea groups is 1. The Morgan fingerprint density at radius 1 is 1.45 bits per heavy atom. The quantitative estimate of drug-likeness (QED) is 0.884. The number of aliphatic carboxylic acids is 1. The number of carbonyl (C=O) groups excluding carboxylic acids is 1. The predicted octanol–water partition coefficient (Wildman–Crippen LogP) is 1.85.